The van der Waals surface area contributed by atoms with Gasteiger partial charge in [0, 0.05) is 42.7 Å². The van der Waals surface area contributed by atoms with Crippen LogP contribution < -0.4 is 14.4 Å². The maximum absolute atomic E-state index is 7.15. The minimum atomic E-state index is -0.468. The molecule has 3 nitrogen and oxygen atoms in total. The highest BCUT2D eigenvalue weighted by Gasteiger charge is 2.53. The zero-order valence-corrected chi connectivity index (χ0v) is 35.9. The minimum absolute atomic E-state index is 0.468. The molecule has 65 heavy (non-hydrogen) atoms. The summed E-state index contributed by atoms with van der Waals surface area (Å²) in [4.78, 5) is 2.35. The summed E-state index contributed by atoms with van der Waals surface area (Å²) in [5.74, 6) is 2.86. The summed E-state index contributed by atoms with van der Waals surface area (Å²) in [7, 11) is 0. The molecule has 14 rings (SSSR count). The maximum atomic E-state index is 7.15. The number of hydrogen-bond donors (Lipinski definition) is 0. The van der Waals surface area contributed by atoms with Crippen molar-refractivity contribution in [2.45, 2.75) is 5.41 Å². The number of fused-ring (bicyclic) bond motifs is 16. The van der Waals surface area contributed by atoms with E-state index in [1.165, 1.54) is 70.2 Å². The smallest absolute Gasteiger partial charge is 0.178 e. The third-order valence-electron chi connectivity index (χ3n) is 13.8. The normalized spacial score (nSPS) is 13.3. The number of nitrogens with zero attached hydrogens (tertiary/aromatic N) is 1. The average Bonchev–Trinajstić information content (AvgIpc) is 4.00. The molecule has 0 saturated carbocycles. The van der Waals surface area contributed by atoms with Crippen LogP contribution in [0.5, 0.6) is 23.0 Å². The number of anilines is 3. The number of ether oxygens (including phenoxy) is 2. The molecule has 0 radical (unpaired) electrons. The van der Waals surface area contributed by atoms with Crippen molar-refractivity contribution in [1.29, 1.82) is 0 Å². The lowest BCUT2D eigenvalue weighted by molar-refractivity contribution is 0.360. The molecule has 1 spiro atoms. The lowest BCUT2D eigenvalue weighted by Gasteiger charge is -2.31. The Morgan fingerprint density at radius 2 is 0.938 bits per heavy atom. The van der Waals surface area contributed by atoms with Gasteiger partial charge in [0.1, 0.15) is 0 Å². The van der Waals surface area contributed by atoms with Crippen LogP contribution in [-0.4, -0.2) is 0 Å². The molecule has 1 aliphatic heterocycles. The van der Waals surface area contributed by atoms with Gasteiger partial charge in [0.25, 0.3) is 0 Å². The fourth-order valence-electron chi connectivity index (χ4n) is 11.0. The Morgan fingerprint density at radius 1 is 0.354 bits per heavy atom. The highest BCUT2D eigenvalue weighted by Crippen LogP contribution is 2.66. The summed E-state index contributed by atoms with van der Waals surface area (Å²) >= 11 is 1.85. The SMILES string of the molecule is c1ccc(N(c2ccc(-c3ccc4c(c3)sc3ccccc34)cc2)c2ccccc2-c2ccc3c(c2)Oc2c(ccc4c2-c2ccccc2C42c4ccccc4-c4ccccc42)O3)cc1. The van der Waals surface area contributed by atoms with Crippen LogP contribution in [0.25, 0.3) is 64.7 Å². The molecule has 2 heterocycles. The predicted molar refractivity (Wildman–Crippen MR) is 268 cm³/mol. The molecule has 10 aromatic carbocycles. The number of para-hydroxylation sites is 2. The van der Waals surface area contributed by atoms with Crippen LogP contribution in [0.1, 0.15) is 22.3 Å². The number of rotatable bonds is 5. The molecule has 304 valence electrons. The van der Waals surface area contributed by atoms with Gasteiger partial charge in [-0.3, -0.25) is 0 Å². The van der Waals surface area contributed by atoms with Gasteiger partial charge >= 0.3 is 0 Å². The number of hydrogen-bond acceptors (Lipinski definition) is 4. The Morgan fingerprint density at radius 3 is 1.72 bits per heavy atom. The first-order valence-corrected chi connectivity index (χ1v) is 23.0. The van der Waals surface area contributed by atoms with Gasteiger partial charge in [-0.1, -0.05) is 164 Å². The second-order valence-corrected chi connectivity index (χ2v) is 18.2. The van der Waals surface area contributed by atoms with Crippen LogP contribution in [0, 0.1) is 0 Å². The lowest BCUT2D eigenvalue weighted by atomic mass is 9.70. The molecule has 0 saturated heterocycles. The van der Waals surface area contributed by atoms with E-state index in [0.29, 0.717) is 11.5 Å². The lowest BCUT2D eigenvalue weighted by Crippen LogP contribution is -2.25. The highest BCUT2D eigenvalue weighted by molar-refractivity contribution is 7.25. The van der Waals surface area contributed by atoms with E-state index in [4.69, 9.17) is 9.47 Å². The molecule has 0 amide bonds. The summed E-state index contributed by atoms with van der Waals surface area (Å²) in [5.41, 5.74) is 17.1. The molecule has 4 heteroatoms. The topological polar surface area (TPSA) is 21.7 Å². The van der Waals surface area contributed by atoms with Crippen molar-refractivity contribution in [2.24, 2.45) is 0 Å². The monoisotopic (exact) mass is 847 g/mol. The molecular formula is C61H37NO2S. The van der Waals surface area contributed by atoms with Gasteiger partial charge in [0.2, 0.25) is 0 Å². The van der Waals surface area contributed by atoms with Gasteiger partial charge in [-0.25, -0.2) is 0 Å². The van der Waals surface area contributed by atoms with Crippen LogP contribution in [-0.2, 0) is 5.41 Å². The molecule has 0 fully saturated rings. The molecule has 0 unspecified atom stereocenters. The quantitative estimate of drug-likeness (QED) is 0.172. The van der Waals surface area contributed by atoms with Crippen LogP contribution in [0.15, 0.2) is 224 Å². The van der Waals surface area contributed by atoms with E-state index < -0.39 is 5.41 Å². The van der Waals surface area contributed by atoms with E-state index >= 15 is 0 Å². The first-order chi connectivity index (χ1) is 32.2. The number of benzene rings is 10. The minimum Gasteiger partial charge on any atom is -0.449 e. The Kier molecular flexibility index (Phi) is 7.77. The van der Waals surface area contributed by atoms with Crippen molar-refractivity contribution in [3.8, 4) is 67.5 Å². The van der Waals surface area contributed by atoms with Crippen LogP contribution in [0.3, 0.4) is 0 Å². The van der Waals surface area contributed by atoms with Crippen molar-refractivity contribution < 1.29 is 9.47 Å². The summed E-state index contributed by atoms with van der Waals surface area (Å²) in [6.45, 7) is 0. The third kappa shape index (κ3) is 5.23. The van der Waals surface area contributed by atoms with Crippen LogP contribution in [0.2, 0.25) is 0 Å². The summed E-state index contributed by atoms with van der Waals surface area (Å²) in [6.07, 6.45) is 0. The first kappa shape index (κ1) is 36.3. The molecule has 0 bridgehead atoms. The molecular weight excluding hydrogens is 811 g/mol. The molecule has 0 atom stereocenters. The second kappa shape index (κ2) is 13.9. The largest absolute Gasteiger partial charge is 0.449 e. The number of thiophene rings is 1. The van der Waals surface area contributed by atoms with E-state index in [1.807, 2.05) is 17.4 Å². The highest BCUT2D eigenvalue weighted by atomic mass is 32.1. The third-order valence-corrected chi connectivity index (χ3v) is 14.9. The van der Waals surface area contributed by atoms with Crippen molar-refractivity contribution in [3.63, 3.8) is 0 Å². The standard InChI is InChI=1S/C61H37NO2S/c1-2-14-41(15-3-1)62(42-30-26-38(27-31-42)39-28-32-47-46-19-8-13-25-57(46)65-58(47)37-39)53-24-12-7-16-43(53)40-29-34-54-56(36-40)64-60-55(63-54)35-33-52-59(60)48-20-6-11-23-51(48)61(52)49-21-9-4-17-44(49)45-18-5-10-22-50(45)61/h1-37H. The van der Waals surface area contributed by atoms with Crippen LogP contribution >= 0.6 is 11.3 Å². The Balaban J connectivity index is 0.861. The zero-order chi connectivity index (χ0) is 42.6. The molecule has 11 aromatic rings. The summed E-state index contributed by atoms with van der Waals surface area (Å²) < 4.78 is 16.5. The van der Waals surface area contributed by atoms with E-state index in [2.05, 4.69) is 223 Å². The summed E-state index contributed by atoms with van der Waals surface area (Å²) in [5, 5.41) is 2.63. The van der Waals surface area contributed by atoms with E-state index in [1.54, 1.807) is 0 Å². The maximum Gasteiger partial charge on any atom is 0.178 e. The van der Waals surface area contributed by atoms with Gasteiger partial charge in [-0.2, -0.15) is 0 Å². The van der Waals surface area contributed by atoms with Gasteiger partial charge < -0.3 is 14.4 Å². The van der Waals surface area contributed by atoms with Gasteiger partial charge in [-0.05, 0) is 116 Å². The zero-order valence-electron chi connectivity index (χ0n) is 35.0. The molecule has 2 aliphatic carbocycles. The van der Waals surface area contributed by atoms with Crippen molar-refractivity contribution in [2.75, 3.05) is 4.90 Å². The van der Waals surface area contributed by atoms with Gasteiger partial charge in [0.05, 0.1) is 11.1 Å². The summed E-state index contributed by atoms with van der Waals surface area (Å²) in [6, 6.07) is 81.1. The Hall–Kier alpha value is -8.18. The fraction of sp³-hybridized carbons (Fsp3) is 0.0164. The van der Waals surface area contributed by atoms with Gasteiger partial charge in [0.15, 0.2) is 23.0 Å². The van der Waals surface area contributed by atoms with Gasteiger partial charge in [-0.15, -0.1) is 11.3 Å². The fourth-order valence-corrected chi connectivity index (χ4v) is 12.2. The first-order valence-electron chi connectivity index (χ1n) is 22.2. The van der Waals surface area contributed by atoms with Crippen molar-refractivity contribution >= 4 is 48.6 Å². The van der Waals surface area contributed by atoms with Crippen molar-refractivity contribution in [3.05, 3.63) is 247 Å². The van der Waals surface area contributed by atoms with E-state index in [9.17, 15) is 0 Å². The van der Waals surface area contributed by atoms with E-state index in [-0.39, 0.29) is 0 Å². The second-order valence-electron chi connectivity index (χ2n) is 17.1. The molecule has 3 aliphatic rings. The Labute approximate surface area is 380 Å². The van der Waals surface area contributed by atoms with Crippen LogP contribution in [0.4, 0.5) is 17.1 Å². The molecule has 1 aromatic heterocycles. The molecule has 0 N–H and O–H groups in total. The van der Waals surface area contributed by atoms with E-state index in [0.717, 1.165) is 45.3 Å². The predicted octanol–water partition coefficient (Wildman–Crippen LogP) is 17.1. The Bertz CT molecular complexity index is 3690. The van der Waals surface area contributed by atoms with Crippen molar-refractivity contribution in [1.82, 2.24) is 0 Å². The average molecular weight is 848 g/mol.